The zero-order chi connectivity index (χ0) is 11.6. The van der Waals surface area contributed by atoms with Gasteiger partial charge in [0.1, 0.15) is 0 Å². The standard InChI is InChI=1S/C11H23N3O/c1-5-9-8-14(10(15)13(9)4)11(2,3)6-7-12/h9H,5-8,12H2,1-4H3. The van der Waals surface area contributed by atoms with Crippen molar-refractivity contribution in [1.29, 1.82) is 0 Å². The number of hydrogen-bond donors (Lipinski definition) is 1. The third-order valence-corrected chi connectivity index (χ3v) is 3.43. The molecule has 2 N–H and O–H groups in total. The molecule has 2 amide bonds. The van der Waals surface area contributed by atoms with E-state index >= 15 is 0 Å². The Labute approximate surface area is 92.4 Å². The predicted molar refractivity (Wildman–Crippen MR) is 61.7 cm³/mol. The number of nitrogens with two attached hydrogens (primary N) is 1. The quantitative estimate of drug-likeness (QED) is 0.764. The molecule has 0 spiro atoms. The van der Waals surface area contributed by atoms with E-state index in [2.05, 4.69) is 20.8 Å². The van der Waals surface area contributed by atoms with Crippen LogP contribution in [0.25, 0.3) is 0 Å². The van der Waals surface area contributed by atoms with Gasteiger partial charge in [-0.25, -0.2) is 4.79 Å². The zero-order valence-corrected chi connectivity index (χ0v) is 10.3. The van der Waals surface area contributed by atoms with Gasteiger partial charge in [-0.05, 0) is 33.2 Å². The predicted octanol–water partition coefficient (Wildman–Crippen LogP) is 1.26. The summed E-state index contributed by atoms with van der Waals surface area (Å²) in [6, 6.07) is 0.495. The average molecular weight is 213 g/mol. The van der Waals surface area contributed by atoms with E-state index in [0.29, 0.717) is 12.6 Å². The molecule has 1 heterocycles. The molecule has 0 aromatic carbocycles. The molecule has 15 heavy (non-hydrogen) atoms. The highest BCUT2D eigenvalue weighted by Gasteiger charge is 2.40. The van der Waals surface area contributed by atoms with E-state index in [1.165, 1.54) is 0 Å². The molecule has 1 saturated heterocycles. The first-order chi connectivity index (χ1) is 6.94. The first kappa shape index (κ1) is 12.3. The summed E-state index contributed by atoms with van der Waals surface area (Å²) >= 11 is 0. The summed E-state index contributed by atoms with van der Waals surface area (Å²) in [6.07, 6.45) is 1.86. The summed E-state index contributed by atoms with van der Waals surface area (Å²) in [5.74, 6) is 0. The molecule has 0 saturated carbocycles. The van der Waals surface area contributed by atoms with E-state index in [0.717, 1.165) is 19.4 Å². The van der Waals surface area contributed by atoms with Crippen molar-refractivity contribution in [1.82, 2.24) is 9.80 Å². The lowest BCUT2D eigenvalue weighted by molar-refractivity contribution is 0.145. The molecule has 0 aromatic rings. The maximum absolute atomic E-state index is 12.0. The Kier molecular flexibility index (Phi) is 3.60. The van der Waals surface area contributed by atoms with Crippen molar-refractivity contribution in [2.45, 2.75) is 45.2 Å². The van der Waals surface area contributed by atoms with Gasteiger partial charge in [-0.2, -0.15) is 0 Å². The Morgan fingerprint density at radius 2 is 2.13 bits per heavy atom. The summed E-state index contributed by atoms with van der Waals surface area (Å²) in [7, 11) is 1.88. The van der Waals surface area contributed by atoms with E-state index in [1.807, 2.05) is 16.8 Å². The van der Waals surface area contributed by atoms with E-state index in [1.54, 1.807) is 0 Å². The second-order valence-electron chi connectivity index (χ2n) is 4.92. The third kappa shape index (κ3) is 2.25. The number of rotatable bonds is 4. The first-order valence-corrected chi connectivity index (χ1v) is 5.68. The molecule has 0 bridgehead atoms. The van der Waals surface area contributed by atoms with Crippen LogP contribution in [0.15, 0.2) is 0 Å². The Morgan fingerprint density at radius 1 is 1.53 bits per heavy atom. The van der Waals surface area contributed by atoms with Gasteiger partial charge in [-0.3, -0.25) is 0 Å². The van der Waals surface area contributed by atoms with Crippen molar-refractivity contribution in [3.8, 4) is 0 Å². The van der Waals surface area contributed by atoms with Gasteiger partial charge in [-0.1, -0.05) is 6.92 Å². The fourth-order valence-electron chi connectivity index (χ4n) is 2.16. The van der Waals surface area contributed by atoms with Gasteiger partial charge in [0.2, 0.25) is 0 Å². The zero-order valence-electron chi connectivity index (χ0n) is 10.3. The first-order valence-electron chi connectivity index (χ1n) is 5.68. The number of hydrogen-bond acceptors (Lipinski definition) is 2. The second-order valence-corrected chi connectivity index (χ2v) is 4.92. The summed E-state index contributed by atoms with van der Waals surface area (Å²) in [4.78, 5) is 15.8. The number of carbonyl (C=O) groups excluding carboxylic acids is 1. The summed E-state index contributed by atoms with van der Waals surface area (Å²) < 4.78 is 0. The SMILES string of the molecule is CCC1CN(C(C)(C)CCN)C(=O)N1C. The van der Waals surface area contributed by atoms with Crippen LogP contribution >= 0.6 is 0 Å². The van der Waals surface area contributed by atoms with Gasteiger partial charge in [0, 0.05) is 19.1 Å². The van der Waals surface area contributed by atoms with Crippen molar-refractivity contribution in [2.24, 2.45) is 5.73 Å². The van der Waals surface area contributed by atoms with E-state index in [9.17, 15) is 4.79 Å². The van der Waals surface area contributed by atoms with Crippen LogP contribution < -0.4 is 5.73 Å². The van der Waals surface area contributed by atoms with Gasteiger partial charge in [0.25, 0.3) is 0 Å². The Morgan fingerprint density at radius 3 is 2.53 bits per heavy atom. The van der Waals surface area contributed by atoms with Crippen LogP contribution in [0.5, 0.6) is 0 Å². The summed E-state index contributed by atoms with van der Waals surface area (Å²) in [5, 5.41) is 0. The molecule has 1 unspecified atom stereocenters. The minimum Gasteiger partial charge on any atom is -0.330 e. The highest BCUT2D eigenvalue weighted by molar-refractivity contribution is 5.77. The van der Waals surface area contributed by atoms with Crippen LogP contribution in [0.4, 0.5) is 4.79 Å². The lowest BCUT2D eigenvalue weighted by atomic mass is 9.98. The maximum Gasteiger partial charge on any atom is 0.320 e. The number of nitrogens with zero attached hydrogens (tertiary/aromatic N) is 2. The topological polar surface area (TPSA) is 49.6 Å². The van der Waals surface area contributed by atoms with Crippen molar-refractivity contribution in [3.63, 3.8) is 0 Å². The van der Waals surface area contributed by atoms with E-state index < -0.39 is 0 Å². The Bertz CT molecular complexity index is 240. The van der Waals surface area contributed by atoms with Crippen LogP contribution in [0.3, 0.4) is 0 Å². The molecule has 0 aliphatic carbocycles. The molecule has 4 nitrogen and oxygen atoms in total. The number of urea groups is 1. The molecule has 4 heteroatoms. The van der Waals surface area contributed by atoms with E-state index in [4.69, 9.17) is 5.73 Å². The van der Waals surface area contributed by atoms with E-state index in [-0.39, 0.29) is 11.6 Å². The summed E-state index contributed by atoms with van der Waals surface area (Å²) in [5.41, 5.74) is 5.46. The molecule has 1 aliphatic rings. The number of likely N-dealkylation sites (N-methyl/N-ethyl adjacent to an activating group) is 1. The van der Waals surface area contributed by atoms with Crippen LogP contribution in [-0.2, 0) is 0 Å². The lowest BCUT2D eigenvalue weighted by Gasteiger charge is -2.34. The van der Waals surface area contributed by atoms with Gasteiger partial charge in [0.15, 0.2) is 0 Å². The molecule has 1 rings (SSSR count). The molecule has 1 fully saturated rings. The fourth-order valence-corrected chi connectivity index (χ4v) is 2.16. The molecular weight excluding hydrogens is 190 g/mol. The molecule has 0 radical (unpaired) electrons. The van der Waals surface area contributed by atoms with Gasteiger partial charge < -0.3 is 15.5 Å². The largest absolute Gasteiger partial charge is 0.330 e. The normalized spacial score (nSPS) is 22.7. The van der Waals surface area contributed by atoms with Gasteiger partial charge in [-0.15, -0.1) is 0 Å². The molecule has 0 aromatic heterocycles. The van der Waals surface area contributed by atoms with Crippen molar-refractivity contribution in [2.75, 3.05) is 20.1 Å². The second kappa shape index (κ2) is 4.39. The number of amides is 2. The average Bonchev–Trinajstić information content (AvgIpc) is 2.44. The summed E-state index contributed by atoms with van der Waals surface area (Å²) in [6.45, 7) is 7.75. The molecule has 1 atom stereocenters. The van der Waals surface area contributed by atoms with Gasteiger partial charge >= 0.3 is 6.03 Å². The molecule has 1 aliphatic heterocycles. The highest BCUT2D eigenvalue weighted by Crippen LogP contribution is 2.27. The minimum atomic E-state index is -0.121. The monoisotopic (exact) mass is 213 g/mol. The molecule has 88 valence electrons. The van der Waals surface area contributed by atoms with Crippen LogP contribution in [0.1, 0.15) is 33.6 Å². The minimum absolute atomic E-state index is 0.121. The smallest absolute Gasteiger partial charge is 0.320 e. The maximum atomic E-state index is 12.0. The number of carbonyl (C=O) groups is 1. The molecular formula is C11H23N3O. The van der Waals surface area contributed by atoms with Crippen LogP contribution in [-0.4, -0.2) is 47.5 Å². The van der Waals surface area contributed by atoms with Crippen molar-refractivity contribution < 1.29 is 4.79 Å². The Hall–Kier alpha value is -0.770. The fraction of sp³-hybridized carbons (Fsp3) is 0.909. The van der Waals surface area contributed by atoms with Crippen LogP contribution in [0.2, 0.25) is 0 Å². The third-order valence-electron chi connectivity index (χ3n) is 3.43. The Balaban J connectivity index is 2.76. The van der Waals surface area contributed by atoms with Gasteiger partial charge in [0.05, 0.1) is 6.04 Å². The van der Waals surface area contributed by atoms with Crippen LogP contribution in [0, 0.1) is 0 Å². The van der Waals surface area contributed by atoms with Crippen molar-refractivity contribution in [3.05, 3.63) is 0 Å². The van der Waals surface area contributed by atoms with Crippen molar-refractivity contribution >= 4 is 6.03 Å². The lowest BCUT2D eigenvalue weighted by Crippen LogP contribution is -2.47. The highest BCUT2D eigenvalue weighted by atomic mass is 16.2.